The molecule has 1 amide bonds. The molecule has 0 radical (unpaired) electrons. The topological polar surface area (TPSA) is 60.2 Å². The highest BCUT2D eigenvalue weighted by atomic mass is 16.6. The average Bonchev–Trinajstić information content (AvgIpc) is 1.62. The minimum Gasteiger partial charge on any atom is -0.256 e. The van der Waals surface area contributed by atoms with E-state index in [1.165, 1.54) is 20.8 Å². The molecule has 0 heterocycles. The quantitative estimate of drug-likeness (QED) is 0.361. The SMILES string of the molecule is CC(C)(C)C(=O)[N+](=O)[O-]. The van der Waals surface area contributed by atoms with E-state index in [4.69, 9.17) is 0 Å². The molecule has 0 bridgehead atoms. The van der Waals surface area contributed by atoms with Crippen LogP contribution in [0.4, 0.5) is 0 Å². The Labute approximate surface area is 53.0 Å². The summed E-state index contributed by atoms with van der Waals surface area (Å²) in [5.74, 6) is -0.942. The fraction of sp³-hybridized carbons (Fsp3) is 0.800. The van der Waals surface area contributed by atoms with E-state index in [9.17, 15) is 14.9 Å². The Morgan fingerprint density at radius 1 is 1.44 bits per heavy atom. The van der Waals surface area contributed by atoms with E-state index in [1.807, 2.05) is 0 Å². The third-order valence-electron chi connectivity index (χ3n) is 0.807. The van der Waals surface area contributed by atoms with E-state index in [0.29, 0.717) is 0 Å². The van der Waals surface area contributed by atoms with Gasteiger partial charge in [-0.05, 0) is 20.8 Å². The molecule has 0 rings (SSSR count). The van der Waals surface area contributed by atoms with Crippen LogP contribution in [0.3, 0.4) is 0 Å². The Balaban J connectivity index is 4.23. The van der Waals surface area contributed by atoms with Crippen LogP contribution in [0.15, 0.2) is 0 Å². The fourth-order valence-electron chi connectivity index (χ4n) is 0.274. The van der Waals surface area contributed by atoms with E-state index in [-0.39, 0.29) is 0 Å². The van der Waals surface area contributed by atoms with Crippen molar-refractivity contribution < 1.29 is 9.72 Å². The average molecular weight is 131 g/mol. The largest absolute Gasteiger partial charge is 0.449 e. The van der Waals surface area contributed by atoms with Crippen LogP contribution in [0.1, 0.15) is 20.8 Å². The van der Waals surface area contributed by atoms with E-state index in [0.717, 1.165) is 0 Å². The van der Waals surface area contributed by atoms with Crippen molar-refractivity contribution in [3.63, 3.8) is 0 Å². The number of carbonyl (C=O) groups excluding carboxylic acids is 1. The van der Waals surface area contributed by atoms with Gasteiger partial charge in [0.25, 0.3) is 0 Å². The number of carbonyl (C=O) groups is 1. The zero-order valence-corrected chi connectivity index (χ0v) is 5.67. The summed E-state index contributed by atoms with van der Waals surface area (Å²) in [6.45, 7) is 4.54. The summed E-state index contributed by atoms with van der Waals surface area (Å²) in [6, 6.07) is 0. The predicted molar refractivity (Wildman–Crippen MR) is 31.5 cm³/mol. The lowest BCUT2D eigenvalue weighted by Gasteiger charge is -2.06. The first-order valence-electron chi connectivity index (χ1n) is 2.54. The van der Waals surface area contributed by atoms with Crippen LogP contribution in [0.5, 0.6) is 0 Å². The van der Waals surface area contributed by atoms with Gasteiger partial charge < -0.3 is 0 Å². The van der Waals surface area contributed by atoms with Gasteiger partial charge in [-0.3, -0.25) is 10.1 Å². The van der Waals surface area contributed by atoms with Gasteiger partial charge >= 0.3 is 5.91 Å². The van der Waals surface area contributed by atoms with Crippen LogP contribution in [-0.2, 0) is 4.79 Å². The van der Waals surface area contributed by atoms with Gasteiger partial charge in [0.1, 0.15) is 4.92 Å². The van der Waals surface area contributed by atoms with Gasteiger partial charge in [0.05, 0.1) is 5.41 Å². The molecule has 0 aromatic carbocycles. The van der Waals surface area contributed by atoms with E-state index in [2.05, 4.69) is 0 Å². The minimum absolute atomic E-state index is 0.858. The Bertz CT molecular complexity index is 145. The Morgan fingerprint density at radius 2 is 1.78 bits per heavy atom. The molecule has 0 fully saturated rings. The summed E-state index contributed by atoms with van der Waals surface area (Å²) in [5, 5.41) is 9.80. The summed E-state index contributed by atoms with van der Waals surface area (Å²) < 4.78 is 0. The molecule has 0 spiro atoms. The van der Waals surface area contributed by atoms with E-state index < -0.39 is 16.2 Å². The lowest BCUT2D eigenvalue weighted by atomic mass is 9.96. The highest BCUT2D eigenvalue weighted by Gasteiger charge is 2.32. The molecular weight excluding hydrogens is 122 g/mol. The fourth-order valence-corrected chi connectivity index (χ4v) is 0.274. The van der Waals surface area contributed by atoms with Gasteiger partial charge in [0.2, 0.25) is 0 Å². The number of rotatable bonds is 0. The lowest BCUT2D eigenvalue weighted by molar-refractivity contribution is -0.410. The summed E-state index contributed by atoms with van der Waals surface area (Å²) in [7, 11) is 0. The van der Waals surface area contributed by atoms with Crippen LogP contribution in [0.2, 0.25) is 0 Å². The Kier molecular flexibility index (Phi) is 1.91. The predicted octanol–water partition coefficient (Wildman–Crippen LogP) is 0.836. The number of amides is 1. The molecule has 0 aliphatic heterocycles. The van der Waals surface area contributed by atoms with E-state index >= 15 is 0 Å². The number of hydrogen-bond acceptors (Lipinski definition) is 3. The Morgan fingerprint density at radius 3 is 1.78 bits per heavy atom. The second-order valence-corrected chi connectivity index (χ2v) is 2.81. The van der Waals surface area contributed by atoms with Gasteiger partial charge in [-0.1, -0.05) is 0 Å². The maximum Gasteiger partial charge on any atom is 0.449 e. The first-order chi connectivity index (χ1) is 3.85. The van der Waals surface area contributed by atoms with Gasteiger partial charge in [-0.2, -0.15) is 0 Å². The first-order valence-corrected chi connectivity index (χ1v) is 2.54. The molecule has 0 N–H and O–H groups in total. The number of nitro groups is 1. The maximum absolute atomic E-state index is 10.5. The molecule has 0 aliphatic carbocycles. The third-order valence-corrected chi connectivity index (χ3v) is 0.807. The standard InChI is InChI=1S/C5H9NO3/c1-5(2,3)4(7)6(8)9/h1-3H3. The molecule has 0 saturated carbocycles. The van der Waals surface area contributed by atoms with Crippen molar-refractivity contribution in [2.75, 3.05) is 0 Å². The van der Waals surface area contributed by atoms with Crippen molar-refractivity contribution >= 4 is 5.91 Å². The summed E-state index contributed by atoms with van der Waals surface area (Å²) in [5.41, 5.74) is -0.858. The lowest BCUT2D eigenvalue weighted by Crippen LogP contribution is -2.27. The molecule has 0 aliphatic rings. The molecule has 4 heteroatoms. The molecule has 52 valence electrons. The third kappa shape index (κ3) is 2.21. The molecule has 4 nitrogen and oxygen atoms in total. The summed E-state index contributed by atoms with van der Waals surface area (Å²) >= 11 is 0. The highest BCUT2D eigenvalue weighted by Crippen LogP contribution is 2.13. The zero-order valence-electron chi connectivity index (χ0n) is 5.67. The molecule has 9 heavy (non-hydrogen) atoms. The second kappa shape index (κ2) is 2.13. The molecule has 0 aromatic rings. The minimum atomic E-state index is -0.942. The normalized spacial score (nSPS) is 11.0. The molecule has 0 aromatic heterocycles. The van der Waals surface area contributed by atoms with Crippen LogP contribution in [-0.4, -0.2) is 10.8 Å². The molecular formula is C5H9NO3. The smallest absolute Gasteiger partial charge is 0.256 e. The molecule has 0 atom stereocenters. The maximum atomic E-state index is 10.5. The van der Waals surface area contributed by atoms with Gasteiger partial charge in [-0.25, -0.2) is 4.79 Å². The van der Waals surface area contributed by atoms with Crippen LogP contribution >= 0.6 is 0 Å². The zero-order chi connectivity index (χ0) is 7.65. The second-order valence-electron chi connectivity index (χ2n) is 2.81. The Hall–Kier alpha value is -0.930. The number of nitrogens with zero attached hydrogens (tertiary/aromatic N) is 1. The monoisotopic (exact) mass is 131 g/mol. The van der Waals surface area contributed by atoms with Crippen molar-refractivity contribution in [2.24, 2.45) is 5.41 Å². The molecule has 0 unspecified atom stereocenters. The molecule has 0 saturated heterocycles. The van der Waals surface area contributed by atoms with Gasteiger partial charge in [-0.15, -0.1) is 0 Å². The van der Waals surface area contributed by atoms with Gasteiger partial charge in [0.15, 0.2) is 0 Å². The van der Waals surface area contributed by atoms with Crippen molar-refractivity contribution in [3.8, 4) is 0 Å². The number of hydrogen-bond donors (Lipinski definition) is 0. The highest BCUT2D eigenvalue weighted by molar-refractivity contribution is 5.73. The first kappa shape index (κ1) is 8.07. The van der Waals surface area contributed by atoms with Crippen LogP contribution in [0.25, 0.3) is 0 Å². The van der Waals surface area contributed by atoms with Crippen molar-refractivity contribution in [3.05, 3.63) is 10.1 Å². The van der Waals surface area contributed by atoms with Crippen LogP contribution < -0.4 is 0 Å². The van der Waals surface area contributed by atoms with Gasteiger partial charge in [0, 0.05) is 0 Å². The van der Waals surface area contributed by atoms with Crippen molar-refractivity contribution in [1.29, 1.82) is 0 Å². The van der Waals surface area contributed by atoms with E-state index in [1.54, 1.807) is 0 Å². The van der Waals surface area contributed by atoms with Crippen LogP contribution in [0, 0.1) is 15.5 Å². The van der Waals surface area contributed by atoms with Crippen molar-refractivity contribution in [1.82, 2.24) is 0 Å². The summed E-state index contributed by atoms with van der Waals surface area (Å²) in [6.07, 6.45) is 0. The van der Waals surface area contributed by atoms with Crippen molar-refractivity contribution in [2.45, 2.75) is 20.8 Å². The summed E-state index contributed by atoms with van der Waals surface area (Å²) in [4.78, 5) is 19.4.